The summed E-state index contributed by atoms with van der Waals surface area (Å²) in [5.74, 6) is 0.231. The number of benzene rings is 2. The van der Waals surface area contributed by atoms with Gasteiger partial charge in [-0.1, -0.05) is 23.4 Å². The second-order valence-electron chi connectivity index (χ2n) is 9.84. The number of hydrogen-bond donors (Lipinski definition) is 1. The van der Waals surface area contributed by atoms with Crippen molar-refractivity contribution in [3.05, 3.63) is 53.1 Å². The predicted molar refractivity (Wildman–Crippen MR) is 139 cm³/mol. The summed E-state index contributed by atoms with van der Waals surface area (Å²) >= 11 is 0. The molecule has 1 amide bonds. The average molecular weight is 536 g/mol. The number of carbonyl (C=O) groups excluding carboxylic acids is 1. The number of nitrogens with zero attached hydrogens (tertiary/aromatic N) is 4. The van der Waals surface area contributed by atoms with E-state index >= 15 is 0 Å². The Balaban J connectivity index is 1.39. The smallest absolute Gasteiger partial charge is 0.258 e. The average Bonchev–Trinajstić information content (AvgIpc) is 3.32. The van der Waals surface area contributed by atoms with Crippen molar-refractivity contribution < 1.29 is 22.5 Å². The Kier molecular flexibility index (Phi) is 7.19. The summed E-state index contributed by atoms with van der Waals surface area (Å²) in [6, 6.07) is 12.5. The van der Waals surface area contributed by atoms with Crippen LogP contribution in [0.25, 0.3) is 22.8 Å². The fourth-order valence-electron chi connectivity index (χ4n) is 4.82. The summed E-state index contributed by atoms with van der Waals surface area (Å²) in [6.45, 7) is 5.01. The summed E-state index contributed by atoms with van der Waals surface area (Å²) in [5.41, 5.74) is 3.53. The third-order valence-corrected chi connectivity index (χ3v) is 8.00. The van der Waals surface area contributed by atoms with Crippen LogP contribution in [0.3, 0.4) is 0 Å². The van der Waals surface area contributed by atoms with Crippen LogP contribution in [-0.2, 0) is 21.2 Å². The van der Waals surface area contributed by atoms with Crippen molar-refractivity contribution in [1.82, 2.24) is 19.8 Å². The maximum absolute atomic E-state index is 12.8. The molecule has 198 valence electrons. The van der Waals surface area contributed by atoms with Crippen molar-refractivity contribution in [2.75, 3.05) is 18.8 Å². The molecule has 1 aliphatic heterocycles. The molecule has 3 aromatic rings. The van der Waals surface area contributed by atoms with Crippen molar-refractivity contribution >= 4 is 15.9 Å². The first-order valence-corrected chi connectivity index (χ1v) is 14.3. The molecule has 1 saturated heterocycles. The highest BCUT2D eigenvalue weighted by atomic mass is 32.2. The lowest BCUT2D eigenvalue weighted by atomic mass is 9.85. The molecular formula is C27H29N5O5S. The van der Waals surface area contributed by atoms with Crippen LogP contribution < -0.4 is 9.46 Å². The van der Waals surface area contributed by atoms with Crippen molar-refractivity contribution in [2.45, 2.75) is 51.7 Å². The predicted octanol–water partition coefficient (Wildman–Crippen LogP) is 3.59. The molecule has 10 nitrogen and oxygen atoms in total. The van der Waals surface area contributed by atoms with Gasteiger partial charge in [0.2, 0.25) is 21.8 Å². The van der Waals surface area contributed by atoms with E-state index in [1.54, 1.807) is 23.1 Å². The summed E-state index contributed by atoms with van der Waals surface area (Å²) in [6.07, 6.45) is 2.98. The molecule has 0 radical (unpaired) electrons. The monoisotopic (exact) mass is 535 g/mol. The molecular weight excluding hydrogens is 506 g/mol. The zero-order valence-electron chi connectivity index (χ0n) is 21.3. The third kappa shape index (κ3) is 5.42. The maximum atomic E-state index is 12.8. The molecule has 38 heavy (non-hydrogen) atoms. The molecule has 2 aliphatic rings. The van der Waals surface area contributed by atoms with Gasteiger partial charge in [-0.15, -0.1) is 0 Å². The zero-order valence-corrected chi connectivity index (χ0v) is 22.1. The van der Waals surface area contributed by atoms with Crippen LogP contribution in [-0.4, -0.2) is 54.3 Å². The van der Waals surface area contributed by atoms with Crippen LogP contribution in [0.5, 0.6) is 5.75 Å². The van der Waals surface area contributed by atoms with Gasteiger partial charge in [0.05, 0.1) is 11.7 Å². The van der Waals surface area contributed by atoms with Crippen LogP contribution in [0.15, 0.2) is 40.9 Å². The first-order valence-electron chi connectivity index (χ1n) is 12.7. The van der Waals surface area contributed by atoms with Crippen LogP contribution in [0.1, 0.15) is 55.8 Å². The quantitative estimate of drug-likeness (QED) is 0.462. The van der Waals surface area contributed by atoms with Gasteiger partial charge in [-0.25, -0.2) is 13.1 Å². The Morgan fingerprint density at radius 3 is 2.79 bits per heavy atom. The lowest BCUT2D eigenvalue weighted by molar-refractivity contribution is -0.131. The van der Waals surface area contributed by atoms with Gasteiger partial charge in [0.25, 0.3) is 5.89 Å². The number of likely N-dealkylation sites (tertiary alicyclic amines) is 1. The Morgan fingerprint density at radius 2 is 2.08 bits per heavy atom. The topological polar surface area (TPSA) is 138 Å². The molecule has 5 rings (SSSR count). The molecule has 1 atom stereocenters. The summed E-state index contributed by atoms with van der Waals surface area (Å²) in [7, 11) is -3.80. The number of fused-ring (bicyclic) bond motifs is 1. The van der Waals surface area contributed by atoms with E-state index in [0.29, 0.717) is 42.2 Å². The maximum Gasteiger partial charge on any atom is 0.258 e. The third-order valence-electron chi connectivity index (χ3n) is 6.73. The number of ether oxygens (including phenoxy) is 1. The Hall–Kier alpha value is -3.75. The van der Waals surface area contributed by atoms with Crippen LogP contribution >= 0.6 is 0 Å². The summed E-state index contributed by atoms with van der Waals surface area (Å²) in [5, 5.41) is 13.7. The molecule has 2 heterocycles. The lowest BCUT2D eigenvalue weighted by Gasteiger charge is -2.31. The molecule has 0 bridgehead atoms. The highest BCUT2D eigenvalue weighted by Crippen LogP contribution is 2.36. The van der Waals surface area contributed by atoms with E-state index in [1.807, 2.05) is 32.0 Å². The number of aromatic nitrogens is 2. The van der Waals surface area contributed by atoms with Crippen molar-refractivity contribution in [3.8, 4) is 34.7 Å². The van der Waals surface area contributed by atoms with Crippen molar-refractivity contribution in [1.29, 1.82) is 5.26 Å². The minimum atomic E-state index is -3.80. The summed E-state index contributed by atoms with van der Waals surface area (Å²) in [4.78, 5) is 18.4. The normalized spacial score (nSPS) is 17.0. The van der Waals surface area contributed by atoms with Gasteiger partial charge in [-0.2, -0.15) is 10.2 Å². The molecule has 1 aliphatic carbocycles. The molecule has 1 fully saturated rings. The molecule has 1 N–H and O–H groups in total. The molecule has 0 unspecified atom stereocenters. The molecule has 0 spiro atoms. The number of carbonyl (C=O) groups is 1. The van der Waals surface area contributed by atoms with Gasteiger partial charge in [0, 0.05) is 30.3 Å². The second-order valence-corrected chi connectivity index (χ2v) is 11.6. The minimum absolute atomic E-state index is 0.0680. The van der Waals surface area contributed by atoms with Gasteiger partial charge < -0.3 is 14.2 Å². The van der Waals surface area contributed by atoms with E-state index in [4.69, 9.17) is 9.26 Å². The van der Waals surface area contributed by atoms with E-state index in [0.717, 1.165) is 36.0 Å². The van der Waals surface area contributed by atoms with Crippen LogP contribution in [0.2, 0.25) is 0 Å². The number of amides is 1. The molecule has 11 heteroatoms. The number of rotatable bonds is 8. The van der Waals surface area contributed by atoms with Crippen molar-refractivity contribution in [3.63, 3.8) is 0 Å². The zero-order chi connectivity index (χ0) is 26.9. The highest BCUT2D eigenvalue weighted by Gasteiger charge is 2.31. The highest BCUT2D eigenvalue weighted by molar-refractivity contribution is 7.90. The fourth-order valence-corrected chi connectivity index (χ4v) is 6.08. The van der Waals surface area contributed by atoms with E-state index < -0.39 is 21.8 Å². The number of hydrogen-bond acceptors (Lipinski definition) is 8. The first kappa shape index (κ1) is 25.9. The van der Waals surface area contributed by atoms with E-state index in [9.17, 15) is 18.5 Å². The van der Waals surface area contributed by atoms with Crippen LogP contribution in [0, 0.1) is 11.3 Å². The molecule has 2 aromatic carbocycles. The number of nitrogens with one attached hydrogen (secondary N) is 1. The van der Waals surface area contributed by atoms with E-state index in [2.05, 4.69) is 20.9 Å². The summed E-state index contributed by atoms with van der Waals surface area (Å²) < 4.78 is 39.5. The first-order chi connectivity index (χ1) is 18.2. The van der Waals surface area contributed by atoms with Gasteiger partial charge in [0.15, 0.2) is 0 Å². The minimum Gasteiger partial charge on any atom is -0.490 e. The van der Waals surface area contributed by atoms with Gasteiger partial charge in [0.1, 0.15) is 17.6 Å². The van der Waals surface area contributed by atoms with Gasteiger partial charge >= 0.3 is 0 Å². The standard InChI is InChI=1S/C27H29N5O5S/c1-17(2)36-24-11-10-18(14-19(24)15-28)27-29-26(30-37-27)22-8-3-7-21-20(22)6-4-9-23(21)31-38(34,35)16-25(33)32-12-5-13-32/h3,7-8,10-11,14,17,23,31H,4-6,9,12-13,16H2,1-2H3/t23-/m1/s1. The Bertz CT molecular complexity index is 1500. The largest absolute Gasteiger partial charge is 0.490 e. The van der Waals surface area contributed by atoms with Gasteiger partial charge in [-0.3, -0.25) is 4.79 Å². The van der Waals surface area contributed by atoms with Crippen LogP contribution in [0.4, 0.5) is 0 Å². The fraction of sp³-hybridized carbons (Fsp3) is 0.407. The number of nitriles is 1. The van der Waals surface area contributed by atoms with E-state index in [1.165, 1.54) is 0 Å². The SMILES string of the molecule is CC(C)Oc1ccc(-c2nc(-c3cccc4c3CCC[C@H]4NS(=O)(=O)CC(=O)N3CCC3)no2)cc1C#N. The second kappa shape index (κ2) is 10.6. The number of sulfonamides is 1. The molecule has 1 aromatic heterocycles. The van der Waals surface area contributed by atoms with Crippen molar-refractivity contribution in [2.24, 2.45) is 0 Å². The lowest BCUT2D eigenvalue weighted by Crippen LogP contribution is -2.47. The van der Waals surface area contributed by atoms with Gasteiger partial charge in [-0.05, 0) is 68.9 Å². The Labute approximate surface area is 221 Å². The van der Waals surface area contributed by atoms with E-state index in [-0.39, 0.29) is 17.9 Å². The molecule has 0 saturated carbocycles. The Morgan fingerprint density at radius 1 is 1.26 bits per heavy atom.